The van der Waals surface area contributed by atoms with Crippen LogP contribution < -0.4 is 4.72 Å². The van der Waals surface area contributed by atoms with Crippen molar-refractivity contribution in [2.24, 2.45) is 0 Å². The van der Waals surface area contributed by atoms with Crippen LogP contribution in [0.25, 0.3) is 0 Å². The lowest BCUT2D eigenvalue weighted by Gasteiger charge is -2.36. The van der Waals surface area contributed by atoms with Gasteiger partial charge in [0.05, 0.1) is 18.8 Å². The minimum Gasteiger partial charge on any atom is -0.375 e. The SMILES string of the molecule is CC(C)c1nc2n(n1)CCC[C@@H]2NS(=O)(=O)N1C[C@@H](C)OC[C@H]1C. The van der Waals surface area contributed by atoms with E-state index >= 15 is 0 Å². The lowest BCUT2D eigenvalue weighted by atomic mass is 10.1. The molecule has 24 heavy (non-hydrogen) atoms. The van der Waals surface area contributed by atoms with Gasteiger partial charge in [0, 0.05) is 25.0 Å². The Balaban J connectivity index is 1.81. The maximum Gasteiger partial charge on any atom is 0.280 e. The van der Waals surface area contributed by atoms with Crippen molar-refractivity contribution < 1.29 is 13.2 Å². The van der Waals surface area contributed by atoms with Crippen LogP contribution in [0.2, 0.25) is 0 Å². The van der Waals surface area contributed by atoms with Crippen LogP contribution in [0.3, 0.4) is 0 Å². The number of morpholine rings is 1. The summed E-state index contributed by atoms with van der Waals surface area (Å²) in [6.07, 6.45) is 1.53. The van der Waals surface area contributed by atoms with Crippen LogP contribution >= 0.6 is 0 Å². The van der Waals surface area contributed by atoms with Crippen molar-refractivity contribution in [3.8, 4) is 0 Å². The molecule has 0 aliphatic carbocycles. The fourth-order valence-electron chi connectivity index (χ4n) is 3.18. The third kappa shape index (κ3) is 3.49. The molecule has 3 atom stereocenters. The smallest absolute Gasteiger partial charge is 0.280 e. The van der Waals surface area contributed by atoms with E-state index in [2.05, 4.69) is 14.8 Å². The highest BCUT2D eigenvalue weighted by Crippen LogP contribution is 2.27. The molecule has 1 aromatic heterocycles. The van der Waals surface area contributed by atoms with E-state index < -0.39 is 10.2 Å². The summed E-state index contributed by atoms with van der Waals surface area (Å²) in [6, 6.07) is -0.500. The highest BCUT2D eigenvalue weighted by atomic mass is 32.2. The second-order valence-corrected chi connectivity index (χ2v) is 8.74. The molecule has 1 fully saturated rings. The Morgan fingerprint density at radius 1 is 1.33 bits per heavy atom. The number of aryl methyl sites for hydroxylation is 1. The summed E-state index contributed by atoms with van der Waals surface area (Å²) in [5.74, 6) is 1.72. The van der Waals surface area contributed by atoms with E-state index in [9.17, 15) is 8.42 Å². The molecular formula is C15H27N5O3S. The fourth-order valence-corrected chi connectivity index (χ4v) is 4.84. The number of ether oxygens (including phenoxy) is 1. The molecule has 0 amide bonds. The first kappa shape index (κ1) is 17.8. The van der Waals surface area contributed by atoms with E-state index in [1.54, 1.807) is 0 Å². The van der Waals surface area contributed by atoms with E-state index in [1.807, 2.05) is 32.4 Å². The standard InChI is InChI=1S/C15H27N5O3S/c1-10(2)14-16-15-13(6-5-7-19(15)17-14)18-24(21,22)20-8-12(4)23-9-11(20)3/h10-13,18H,5-9H2,1-4H3/t11-,12-,13+/m1/s1. The molecule has 0 unspecified atom stereocenters. The van der Waals surface area contributed by atoms with E-state index in [1.165, 1.54) is 4.31 Å². The minimum atomic E-state index is -3.60. The zero-order valence-electron chi connectivity index (χ0n) is 14.8. The molecule has 3 heterocycles. The van der Waals surface area contributed by atoms with Gasteiger partial charge in [-0.2, -0.15) is 22.5 Å². The molecule has 1 N–H and O–H groups in total. The van der Waals surface area contributed by atoms with Gasteiger partial charge in [-0.1, -0.05) is 13.8 Å². The molecule has 1 aromatic rings. The second-order valence-electron chi connectivity index (χ2n) is 7.09. The molecular weight excluding hydrogens is 330 g/mol. The molecule has 0 saturated carbocycles. The van der Waals surface area contributed by atoms with Crippen LogP contribution in [-0.2, 0) is 21.5 Å². The molecule has 9 heteroatoms. The largest absolute Gasteiger partial charge is 0.375 e. The van der Waals surface area contributed by atoms with Gasteiger partial charge in [-0.25, -0.2) is 9.67 Å². The average Bonchev–Trinajstić information content (AvgIpc) is 2.95. The van der Waals surface area contributed by atoms with Gasteiger partial charge >= 0.3 is 0 Å². The van der Waals surface area contributed by atoms with Crippen molar-refractivity contribution in [2.45, 2.75) is 71.2 Å². The van der Waals surface area contributed by atoms with Crippen LogP contribution in [0.1, 0.15) is 64.1 Å². The number of fused-ring (bicyclic) bond motifs is 1. The van der Waals surface area contributed by atoms with Crippen molar-refractivity contribution in [1.82, 2.24) is 23.8 Å². The molecule has 8 nitrogen and oxygen atoms in total. The summed E-state index contributed by atoms with van der Waals surface area (Å²) < 4.78 is 37.4. The Kier molecular flexibility index (Phi) is 4.96. The summed E-state index contributed by atoms with van der Waals surface area (Å²) in [5, 5.41) is 4.51. The van der Waals surface area contributed by atoms with Gasteiger partial charge in [0.1, 0.15) is 5.82 Å². The van der Waals surface area contributed by atoms with Gasteiger partial charge in [-0.3, -0.25) is 0 Å². The summed E-state index contributed by atoms with van der Waals surface area (Å²) in [4.78, 5) is 4.58. The van der Waals surface area contributed by atoms with Gasteiger partial charge in [0.25, 0.3) is 10.2 Å². The average molecular weight is 357 g/mol. The first-order valence-electron chi connectivity index (χ1n) is 8.63. The van der Waals surface area contributed by atoms with Crippen molar-refractivity contribution in [3.63, 3.8) is 0 Å². The van der Waals surface area contributed by atoms with Crippen molar-refractivity contribution in [2.75, 3.05) is 13.2 Å². The maximum atomic E-state index is 12.9. The summed E-state index contributed by atoms with van der Waals surface area (Å²) in [6.45, 7) is 9.41. The van der Waals surface area contributed by atoms with Crippen molar-refractivity contribution in [1.29, 1.82) is 0 Å². The van der Waals surface area contributed by atoms with Gasteiger partial charge in [-0.15, -0.1) is 0 Å². The molecule has 2 aliphatic rings. The molecule has 2 aliphatic heterocycles. The lowest BCUT2D eigenvalue weighted by Crippen LogP contribution is -2.54. The van der Waals surface area contributed by atoms with Gasteiger partial charge in [0.15, 0.2) is 5.82 Å². The predicted molar refractivity (Wildman–Crippen MR) is 89.7 cm³/mol. The molecule has 136 valence electrons. The summed E-state index contributed by atoms with van der Waals surface area (Å²) >= 11 is 0. The Hall–Kier alpha value is -1.03. The predicted octanol–water partition coefficient (Wildman–Crippen LogP) is 1.18. The molecule has 3 rings (SSSR count). The van der Waals surface area contributed by atoms with Crippen LogP contribution in [0.15, 0.2) is 0 Å². The van der Waals surface area contributed by atoms with Crippen LogP contribution in [0.5, 0.6) is 0 Å². The first-order valence-corrected chi connectivity index (χ1v) is 10.1. The zero-order chi connectivity index (χ0) is 17.5. The Morgan fingerprint density at radius 2 is 2.08 bits per heavy atom. The Bertz CT molecular complexity index is 687. The zero-order valence-corrected chi connectivity index (χ0v) is 15.6. The quantitative estimate of drug-likeness (QED) is 0.874. The van der Waals surface area contributed by atoms with E-state index in [4.69, 9.17) is 4.74 Å². The molecule has 0 aromatic carbocycles. The molecule has 0 radical (unpaired) electrons. The lowest BCUT2D eigenvalue weighted by molar-refractivity contribution is -0.0176. The topological polar surface area (TPSA) is 89.3 Å². The van der Waals surface area contributed by atoms with Crippen LogP contribution in [-0.4, -0.2) is 52.8 Å². The van der Waals surface area contributed by atoms with Crippen LogP contribution in [0.4, 0.5) is 0 Å². The fraction of sp³-hybridized carbons (Fsp3) is 0.867. The van der Waals surface area contributed by atoms with Crippen LogP contribution in [0, 0.1) is 0 Å². The summed E-state index contributed by atoms with van der Waals surface area (Å²) in [5.41, 5.74) is 0. The molecule has 1 saturated heterocycles. The normalized spacial score (nSPS) is 29.0. The minimum absolute atomic E-state index is 0.0969. The van der Waals surface area contributed by atoms with Gasteiger partial charge < -0.3 is 4.74 Å². The number of rotatable bonds is 4. The van der Waals surface area contributed by atoms with E-state index in [-0.39, 0.29) is 24.1 Å². The monoisotopic (exact) mass is 357 g/mol. The maximum absolute atomic E-state index is 12.9. The first-order chi connectivity index (χ1) is 11.3. The number of nitrogens with zero attached hydrogens (tertiary/aromatic N) is 4. The molecule has 0 bridgehead atoms. The van der Waals surface area contributed by atoms with Crippen molar-refractivity contribution >= 4 is 10.2 Å². The van der Waals surface area contributed by atoms with Crippen molar-refractivity contribution in [3.05, 3.63) is 11.6 Å². The number of aromatic nitrogens is 3. The molecule has 0 spiro atoms. The highest BCUT2D eigenvalue weighted by Gasteiger charge is 2.36. The van der Waals surface area contributed by atoms with Gasteiger partial charge in [-0.05, 0) is 26.7 Å². The highest BCUT2D eigenvalue weighted by molar-refractivity contribution is 7.87. The van der Waals surface area contributed by atoms with E-state index in [0.29, 0.717) is 13.2 Å². The second kappa shape index (κ2) is 6.70. The third-order valence-electron chi connectivity index (χ3n) is 4.56. The van der Waals surface area contributed by atoms with Gasteiger partial charge in [0.2, 0.25) is 0 Å². The Morgan fingerprint density at radius 3 is 2.79 bits per heavy atom. The number of hydrogen-bond acceptors (Lipinski definition) is 5. The van der Waals surface area contributed by atoms with E-state index in [0.717, 1.165) is 31.0 Å². The Labute approximate surface area is 143 Å². The number of hydrogen-bond donors (Lipinski definition) is 1. The summed E-state index contributed by atoms with van der Waals surface area (Å²) in [7, 11) is -3.60. The number of nitrogens with one attached hydrogen (secondary N) is 1. The third-order valence-corrected chi connectivity index (χ3v) is 6.27.